The predicted molar refractivity (Wildman–Crippen MR) is 60.3 cm³/mol. The van der Waals surface area contributed by atoms with Crippen LogP contribution < -0.4 is 5.32 Å². The first-order valence-electron chi connectivity index (χ1n) is 5.54. The number of hydrogen-bond donors (Lipinski definition) is 1. The maximum absolute atomic E-state index is 5.70. The molecular formula is C11H19N3O. The summed E-state index contributed by atoms with van der Waals surface area (Å²) in [7, 11) is 4.01. The molecule has 15 heavy (non-hydrogen) atoms. The van der Waals surface area contributed by atoms with Crippen LogP contribution in [0.3, 0.4) is 0 Å². The molecule has 1 saturated heterocycles. The SMILES string of the molecule is CNc1nc(C)c(C2CCN(C)CC2)o1. The molecule has 0 unspecified atom stereocenters. The van der Waals surface area contributed by atoms with E-state index in [0.29, 0.717) is 11.9 Å². The maximum Gasteiger partial charge on any atom is 0.294 e. The van der Waals surface area contributed by atoms with E-state index in [-0.39, 0.29) is 0 Å². The number of hydrogen-bond acceptors (Lipinski definition) is 4. The third-order valence-corrected chi connectivity index (χ3v) is 3.14. The minimum Gasteiger partial charge on any atom is -0.428 e. The van der Waals surface area contributed by atoms with Gasteiger partial charge in [-0.3, -0.25) is 0 Å². The Hall–Kier alpha value is -1.03. The first kappa shape index (κ1) is 10.5. The summed E-state index contributed by atoms with van der Waals surface area (Å²) in [4.78, 5) is 6.69. The van der Waals surface area contributed by atoms with E-state index >= 15 is 0 Å². The number of aryl methyl sites for hydroxylation is 1. The predicted octanol–water partition coefficient (Wildman–Crippen LogP) is 1.83. The van der Waals surface area contributed by atoms with Crippen LogP contribution in [0, 0.1) is 6.92 Å². The monoisotopic (exact) mass is 209 g/mol. The Labute approximate surface area is 90.7 Å². The van der Waals surface area contributed by atoms with E-state index < -0.39 is 0 Å². The van der Waals surface area contributed by atoms with Crippen molar-refractivity contribution in [1.82, 2.24) is 9.88 Å². The first-order chi connectivity index (χ1) is 7.20. The van der Waals surface area contributed by atoms with Gasteiger partial charge in [-0.05, 0) is 39.9 Å². The highest BCUT2D eigenvalue weighted by Crippen LogP contribution is 2.31. The van der Waals surface area contributed by atoms with Crippen molar-refractivity contribution in [2.75, 3.05) is 32.5 Å². The molecule has 0 radical (unpaired) electrons. The van der Waals surface area contributed by atoms with Crippen LogP contribution in [0.4, 0.5) is 6.01 Å². The molecule has 0 bridgehead atoms. The Morgan fingerprint density at radius 3 is 2.60 bits per heavy atom. The van der Waals surface area contributed by atoms with Gasteiger partial charge in [-0.2, -0.15) is 4.98 Å². The molecule has 1 N–H and O–H groups in total. The molecule has 0 amide bonds. The summed E-state index contributed by atoms with van der Waals surface area (Å²) in [6, 6.07) is 0.640. The number of aromatic nitrogens is 1. The lowest BCUT2D eigenvalue weighted by molar-refractivity contribution is 0.241. The summed E-state index contributed by atoms with van der Waals surface area (Å²) in [6.45, 7) is 4.33. The summed E-state index contributed by atoms with van der Waals surface area (Å²) in [5, 5.41) is 2.95. The van der Waals surface area contributed by atoms with Gasteiger partial charge < -0.3 is 14.6 Å². The molecule has 1 aliphatic heterocycles. The van der Waals surface area contributed by atoms with Crippen molar-refractivity contribution < 1.29 is 4.42 Å². The van der Waals surface area contributed by atoms with E-state index in [1.165, 1.54) is 12.8 Å². The Morgan fingerprint density at radius 1 is 1.40 bits per heavy atom. The van der Waals surface area contributed by atoms with Gasteiger partial charge in [0.05, 0.1) is 5.69 Å². The quantitative estimate of drug-likeness (QED) is 0.807. The van der Waals surface area contributed by atoms with Gasteiger partial charge in [0.2, 0.25) is 0 Å². The van der Waals surface area contributed by atoms with Gasteiger partial charge in [-0.25, -0.2) is 0 Å². The molecule has 0 aliphatic carbocycles. The van der Waals surface area contributed by atoms with Crippen molar-refractivity contribution in [2.24, 2.45) is 0 Å². The molecule has 1 aromatic heterocycles. The zero-order chi connectivity index (χ0) is 10.8. The van der Waals surface area contributed by atoms with E-state index in [1.807, 2.05) is 14.0 Å². The van der Waals surface area contributed by atoms with Crippen LogP contribution in [0.1, 0.15) is 30.2 Å². The minimum atomic E-state index is 0.552. The Balaban J connectivity index is 2.11. The minimum absolute atomic E-state index is 0.552. The highest BCUT2D eigenvalue weighted by Gasteiger charge is 2.24. The second-order valence-electron chi connectivity index (χ2n) is 4.30. The number of nitrogens with zero attached hydrogens (tertiary/aromatic N) is 2. The molecule has 2 heterocycles. The van der Waals surface area contributed by atoms with Gasteiger partial charge >= 0.3 is 0 Å². The fraction of sp³-hybridized carbons (Fsp3) is 0.727. The molecule has 1 aromatic rings. The normalized spacial score (nSPS) is 19.4. The molecule has 4 nitrogen and oxygen atoms in total. The number of anilines is 1. The standard InChI is InChI=1S/C11H19N3O/c1-8-10(15-11(12-2)13-8)9-4-6-14(3)7-5-9/h9H,4-7H2,1-3H3,(H,12,13). The van der Waals surface area contributed by atoms with Gasteiger partial charge in [-0.1, -0.05) is 0 Å². The Kier molecular flexibility index (Phi) is 2.95. The van der Waals surface area contributed by atoms with Crippen LogP contribution in [0.5, 0.6) is 0 Å². The first-order valence-corrected chi connectivity index (χ1v) is 5.54. The third kappa shape index (κ3) is 2.15. The summed E-state index contributed by atoms with van der Waals surface area (Å²) in [5.74, 6) is 1.63. The second kappa shape index (κ2) is 4.23. The maximum atomic E-state index is 5.70. The second-order valence-corrected chi connectivity index (χ2v) is 4.30. The van der Waals surface area contributed by atoms with Crippen LogP contribution >= 0.6 is 0 Å². The van der Waals surface area contributed by atoms with Crippen molar-refractivity contribution in [3.63, 3.8) is 0 Å². The van der Waals surface area contributed by atoms with Crippen molar-refractivity contribution in [3.8, 4) is 0 Å². The zero-order valence-corrected chi connectivity index (χ0v) is 9.71. The van der Waals surface area contributed by atoms with E-state index in [2.05, 4.69) is 22.2 Å². The summed E-state index contributed by atoms with van der Waals surface area (Å²) in [5.41, 5.74) is 1.04. The van der Waals surface area contributed by atoms with Crippen LogP contribution in [-0.2, 0) is 0 Å². The lowest BCUT2D eigenvalue weighted by atomic mass is 9.94. The molecule has 0 spiro atoms. The molecule has 4 heteroatoms. The molecule has 0 saturated carbocycles. The summed E-state index contributed by atoms with van der Waals surface area (Å²) < 4.78 is 5.70. The molecule has 0 atom stereocenters. The van der Waals surface area contributed by atoms with Gasteiger partial charge in [-0.15, -0.1) is 0 Å². The number of nitrogens with one attached hydrogen (secondary N) is 1. The summed E-state index contributed by atoms with van der Waals surface area (Å²) in [6.07, 6.45) is 2.35. The average Bonchev–Trinajstić information content (AvgIpc) is 2.61. The summed E-state index contributed by atoms with van der Waals surface area (Å²) >= 11 is 0. The van der Waals surface area contributed by atoms with Crippen LogP contribution in [0.15, 0.2) is 4.42 Å². The van der Waals surface area contributed by atoms with Crippen LogP contribution in [0.2, 0.25) is 0 Å². The molecule has 2 rings (SSSR count). The zero-order valence-electron chi connectivity index (χ0n) is 9.71. The van der Waals surface area contributed by atoms with E-state index in [0.717, 1.165) is 24.5 Å². The van der Waals surface area contributed by atoms with Gasteiger partial charge in [0.1, 0.15) is 5.76 Å². The highest BCUT2D eigenvalue weighted by molar-refractivity contribution is 5.26. The molecule has 1 aliphatic rings. The number of likely N-dealkylation sites (tertiary alicyclic amines) is 1. The van der Waals surface area contributed by atoms with Crippen molar-refractivity contribution in [2.45, 2.75) is 25.7 Å². The number of piperidine rings is 1. The lowest BCUT2D eigenvalue weighted by Crippen LogP contribution is -2.29. The molecule has 84 valence electrons. The fourth-order valence-electron chi connectivity index (χ4n) is 2.16. The smallest absolute Gasteiger partial charge is 0.294 e. The largest absolute Gasteiger partial charge is 0.428 e. The highest BCUT2D eigenvalue weighted by atomic mass is 16.4. The van der Waals surface area contributed by atoms with Gasteiger partial charge in [0.25, 0.3) is 6.01 Å². The Bertz CT molecular complexity index is 327. The van der Waals surface area contributed by atoms with Crippen molar-refractivity contribution in [3.05, 3.63) is 11.5 Å². The van der Waals surface area contributed by atoms with E-state index in [9.17, 15) is 0 Å². The Morgan fingerprint density at radius 2 is 2.07 bits per heavy atom. The molecular weight excluding hydrogens is 190 g/mol. The molecule has 0 aromatic carbocycles. The lowest BCUT2D eigenvalue weighted by Gasteiger charge is -2.27. The topological polar surface area (TPSA) is 41.3 Å². The van der Waals surface area contributed by atoms with Crippen molar-refractivity contribution >= 4 is 6.01 Å². The van der Waals surface area contributed by atoms with Crippen LogP contribution in [-0.4, -0.2) is 37.1 Å². The van der Waals surface area contributed by atoms with E-state index in [4.69, 9.17) is 4.42 Å². The third-order valence-electron chi connectivity index (χ3n) is 3.14. The van der Waals surface area contributed by atoms with Crippen LogP contribution in [0.25, 0.3) is 0 Å². The molecule has 1 fully saturated rings. The number of oxazole rings is 1. The van der Waals surface area contributed by atoms with Gasteiger partial charge in [0, 0.05) is 13.0 Å². The van der Waals surface area contributed by atoms with Crippen molar-refractivity contribution in [1.29, 1.82) is 0 Å². The fourth-order valence-corrected chi connectivity index (χ4v) is 2.16. The average molecular weight is 209 g/mol. The van der Waals surface area contributed by atoms with E-state index in [1.54, 1.807) is 0 Å². The van der Waals surface area contributed by atoms with Gasteiger partial charge in [0.15, 0.2) is 0 Å². The number of rotatable bonds is 2.